The number of nitrogens with one attached hydrogen (secondary N) is 1. The van der Waals surface area contributed by atoms with Gasteiger partial charge >= 0.3 is 0 Å². The summed E-state index contributed by atoms with van der Waals surface area (Å²) in [5.41, 5.74) is -0.116. The van der Waals surface area contributed by atoms with Gasteiger partial charge in [-0.1, -0.05) is 23.4 Å². The van der Waals surface area contributed by atoms with Gasteiger partial charge in [0.15, 0.2) is 5.16 Å². The fourth-order valence-corrected chi connectivity index (χ4v) is 3.40. The maximum atomic E-state index is 12.2. The minimum atomic E-state index is -0.579. The molecule has 132 valence electrons. The van der Waals surface area contributed by atoms with Crippen LogP contribution in [0.15, 0.2) is 23.4 Å². The van der Waals surface area contributed by atoms with Crippen molar-refractivity contribution in [2.24, 2.45) is 0 Å². The Hall–Kier alpha value is -2.13. The molecule has 1 N–H and O–H groups in total. The van der Waals surface area contributed by atoms with E-state index < -0.39 is 4.92 Å². The topological polar surface area (TPSA) is 103 Å². The number of hydrogen-bond donors (Lipinski definition) is 1. The number of halogens is 1. The van der Waals surface area contributed by atoms with Gasteiger partial charge < -0.3 is 9.88 Å². The van der Waals surface area contributed by atoms with Gasteiger partial charge in [-0.2, -0.15) is 0 Å². The Kier molecular flexibility index (Phi) is 5.24. The molecule has 0 saturated heterocycles. The van der Waals surface area contributed by atoms with Crippen LogP contribution in [0.4, 0.5) is 11.4 Å². The van der Waals surface area contributed by atoms with E-state index in [1.54, 1.807) is 0 Å². The Labute approximate surface area is 153 Å². The first-order chi connectivity index (χ1) is 12.0. The number of nitro benzene ring substituents is 1. The molecule has 1 fully saturated rings. The van der Waals surface area contributed by atoms with Gasteiger partial charge in [-0.3, -0.25) is 14.9 Å². The molecule has 2 aromatic rings. The standard InChI is InChI=1S/C15H16ClN5O3S/c1-2-20-14(9-3-4-9)18-19-15(20)25-8-13(22)17-11-6-5-10(16)7-12(11)21(23)24/h5-7,9H,2-4,8H2,1H3,(H,17,22). The van der Waals surface area contributed by atoms with E-state index in [1.165, 1.54) is 30.0 Å². The second-order valence-corrected chi connectivity index (χ2v) is 6.99. The number of benzene rings is 1. The van der Waals surface area contributed by atoms with Gasteiger partial charge in [0.25, 0.3) is 5.69 Å². The van der Waals surface area contributed by atoms with Crippen molar-refractivity contribution >= 4 is 40.6 Å². The number of carbonyl (C=O) groups is 1. The van der Waals surface area contributed by atoms with Gasteiger partial charge in [-0.25, -0.2) is 0 Å². The van der Waals surface area contributed by atoms with Crippen LogP contribution in [0.25, 0.3) is 0 Å². The zero-order chi connectivity index (χ0) is 18.0. The van der Waals surface area contributed by atoms with Crippen molar-refractivity contribution < 1.29 is 9.72 Å². The normalized spacial score (nSPS) is 13.7. The Morgan fingerprint density at radius 1 is 1.48 bits per heavy atom. The minimum absolute atomic E-state index is 0.0859. The molecule has 1 aromatic heterocycles. The van der Waals surface area contributed by atoms with Gasteiger partial charge in [0.2, 0.25) is 5.91 Å². The molecule has 1 aliphatic rings. The third-order valence-corrected chi connectivity index (χ3v) is 4.97. The molecule has 3 rings (SSSR count). The molecule has 0 bridgehead atoms. The van der Waals surface area contributed by atoms with E-state index in [4.69, 9.17) is 11.6 Å². The highest BCUT2D eigenvalue weighted by Gasteiger charge is 2.30. The molecule has 0 radical (unpaired) electrons. The van der Waals surface area contributed by atoms with Gasteiger partial charge in [-0.15, -0.1) is 10.2 Å². The molecular formula is C15H16ClN5O3S. The summed E-state index contributed by atoms with van der Waals surface area (Å²) in [4.78, 5) is 22.6. The van der Waals surface area contributed by atoms with Gasteiger partial charge in [-0.05, 0) is 31.9 Å². The van der Waals surface area contributed by atoms with Crippen LogP contribution >= 0.6 is 23.4 Å². The summed E-state index contributed by atoms with van der Waals surface area (Å²) >= 11 is 7.03. The largest absolute Gasteiger partial charge is 0.320 e. The zero-order valence-electron chi connectivity index (χ0n) is 13.4. The van der Waals surface area contributed by atoms with Crippen LogP contribution < -0.4 is 5.32 Å². The maximum Gasteiger partial charge on any atom is 0.294 e. The minimum Gasteiger partial charge on any atom is -0.320 e. The molecular weight excluding hydrogens is 366 g/mol. The van der Waals surface area contributed by atoms with E-state index in [-0.39, 0.29) is 28.1 Å². The van der Waals surface area contributed by atoms with Crippen molar-refractivity contribution in [2.75, 3.05) is 11.1 Å². The smallest absolute Gasteiger partial charge is 0.294 e. The predicted molar refractivity (Wildman–Crippen MR) is 95.1 cm³/mol. The fraction of sp³-hybridized carbons (Fsp3) is 0.400. The lowest BCUT2D eigenvalue weighted by atomic mass is 10.2. The van der Waals surface area contributed by atoms with Crippen LogP contribution in [0.5, 0.6) is 0 Å². The van der Waals surface area contributed by atoms with E-state index in [9.17, 15) is 14.9 Å². The molecule has 25 heavy (non-hydrogen) atoms. The number of anilines is 1. The van der Waals surface area contributed by atoms with E-state index in [1.807, 2.05) is 11.5 Å². The van der Waals surface area contributed by atoms with E-state index in [0.717, 1.165) is 25.2 Å². The number of amides is 1. The number of aromatic nitrogens is 3. The molecule has 1 aromatic carbocycles. The first kappa shape index (κ1) is 17.7. The molecule has 1 heterocycles. The number of rotatable bonds is 7. The average molecular weight is 382 g/mol. The zero-order valence-corrected chi connectivity index (χ0v) is 15.0. The van der Waals surface area contributed by atoms with Crippen molar-refractivity contribution in [1.29, 1.82) is 0 Å². The summed E-state index contributed by atoms with van der Waals surface area (Å²) in [5, 5.41) is 22.9. The third-order valence-electron chi connectivity index (χ3n) is 3.77. The highest BCUT2D eigenvalue weighted by Crippen LogP contribution is 2.40. The first-order valence-corrected chi connectivity index (χ1v) is 9.15. The Bertz CT molecular complexity index is 821. The molecule has 1 amide bonds. The molecule has 0 atom stereocenters. The summed E-state index contributed by atoms with van der Waals surface area (Å²) in [5.74, 6) is 1.18. The van der Waals surface area contributed by atoms with E-state index >= 15 is 0 Å². The summed E-state index contributed by atoms with van der Waals surface area (Å²) < 4.78 is 2.01. The molecule has 10 heteroatoms. The predicted octanol–water partition coefficient (Wildman–Crippen LogP) is 3.47. The monoisotopic (exact) mass is 381 g/mol. The number of nitrogens with zero attached hydrogens (tertiary/aromatic N) is 4. The molecule has 1 saturated carbocycles. The Balaban J connectivity index is 1.65. The van der Waals surface area contributed by atoms with E-state index in [0.29, 0.717) is 11.1 Å². The summed E-state index contributed by atoms with van der Waals surface area (Å²) in [6, 6.07) is 4.12. The Morgan fingerprint density at radius 3 is 2.88 bits per heavy atom. The van der Waals surface area contributed by atoms with Crippen molar-refractivity contribution in [2.45, 2.75) is 37.4 Å². The quantitative estimate of drug-likeness (QED) is 0.447. The summed E-state index contributed by atoms with van der Waals surface area (Å²) in [6.45, 7) is 2.75. The lowest BCUT2D eigenvalue weighted by molar-refractivity contribution is -0.383. The fourth-order valence-electron chi connectivity index (χ4n) is 2.43. The summed E-state index contributed by atoms with van der Waals surface area (Å²) in [6.07, 6.45) is 2.26. The van der Waals surface area contributed by atoms with Crippen LogP contribution in [0, 0.1) is 10.1 Å². The maximum absolute atomic E-state index is 12.2. The van der Waals surface area contributed by atoms with Crippen LogP contribution in [-0.4, -0.2) is 31.3 Å². The third kappa shape index (κ3) is 4.10. The van der Waals surface area contributed by atoms with Crippen LogP contribution in [0.1, 0.15) is 31.5 Å². The van der Waals surface area contributed by atoms with Crippen molar-refractivity contribution in [3.63, 3.8) is 0 Å². The van der Waals surface area contributed by atoms with Gasteiger partial charge in [0.1, 0.15) is 11.5 Å². The average Bonchev–Trinajstić information content (AvgIpc) is 3.34. The van der Waals surface area contributed by atoms with Crippen LogP contribution in [0.3, 0.4) is 0 Å². The number of hydrogen-bond acceptors (Lipinski definition) is 6. The highest BCUT2D eigenvalue weighted by molar-refractivity contribution is 7.99. The molecule has 0 aliphatic heterocycles. The Morgan fingerprint density at radius 2 is 2.24 bits per heavy atom. The van der Waals surface area contributed by atoms with Crippen molar-refractivity contribution in [3.8, 4) is 0 Å². The second kappa shape index (κ2) is 7.40. The SMILES string of the molecule is CCn1c(SCC(=O)Nc2ccc(Cl)cc2[N+](=O)[O-])nnc1C1CC1. The van der Waals surface area contributed by atoms with Crippen molar-refractivity contribution in [3.05, 3.63) is 39.2 Å². The number of carbonyl (C=O) groups excluding carboxylic acids is 1. The lowest BCUT2D eigenvalue weighted by Gasteiger charge is -2.08. The second-order valence-electron chi connectivity index (χ2n) is 5.61. The molecule has 0 spiro atoms. The number of thioether (sulfide) groups is 1. The van der Waals surface area contributed by atoms with Crippen LogP contribution in [0.2, 0.25) is 5.02 Å². The summed E-state index contributed by atoms with van der Waals surface area (Å²) in [7, 11) is 0. The number of nitro groups is 1. The first-order valence-electron chi connectivity index (χ1n) is 7.79. The van der Waals surface area contributed by atoms with Crippen LogP contribution in [-0.2, 0) is 11.3 Å². The lowest BCUT2D eigenvalue weighted by Crippen LogP contribution is -2.15. The van der Waals surface area contributed by atoms with E-state index in [2.05, 4.69) is 15.5 Å². The van der Waals surface area contributed by atoms with Crippen molar-refractivity contribution in [1.82, 2.24) is 14.8 Å². The van der Waals surface area contributed by atoms with Gasteiger partial charge in [0.05, 0.1) is 10.7 Å². The molecule has 8 nitrogen and oxygen atoms in total. The van der Waals surface area contributed by atoms with Gasteiger partial charge in [0, 0.05) is 23.6 Å². The molecule has 0 unspecified atom stereocenters. The molecule has 1 aliphatic carbocycles. The highest BCUT2D eigenvalue weighted by atomic mass is 35.5.